The van der Waals surface area contributed by atoms with E-state index in [0.717, 1.165) is 37.7 Å². The Morgan fingerprint density at radius 3 is 2.52 bits per heavy atom. The van der Waals surface area contributed by atoms with Crippen molar-refractivity contribution in [3.05, 3.63) is 35.9 Å². The second-order valence-corrected chi connectivity index (χ2v) is 7.98. The Labute approximate surface area is 159 Å². The standard InChI is InChI=1S/C21H27N3O3/c1-2-3-7-12-24-17(25)14-23-18(21(24)10-11-21)19(26)22-16(20(23)27)13-15-8-5-4-6-9-15/h4-6,8-9,16,18H,2-3,7,10-14H2,1H3,(H,22,26)/t16-,18-/m0/s1. The van der Waals surface area contributed by atoms with E-state index in [1.165, 1.54) is 0 Å². The SMILES string of the molecule is CCCCCN1C(=O)CN2C(=O)[C@H](Cc3ccccc3)NC(=O)[C@H]2C12CC2. The zero-order chi connectivity index (χ0) is 19.0. The number of piperazine rings is 2. The molecule has 3 amide bonds. The Bertz CT molecular complexity index is 744. The van der Waals surface area contributed by atoms with Crippen LogP contribution in [0.5, 0.6) is 0 Å². The van der Waals surface area contributed by atoms with Gasteiger partial charge in [0, 0.05) is 13.0 Å². The number of amides is 3. The van der Waals surface area contributed by atoms with Crippen molar-refractivity contribution < 1.29 is 14.4 Å². The first-order valence-electron chi connectivity index (χ1n) is 10.0. The van der Waals surface area contributed by atoms with Gasteiger partial charge in [0.1, 0.15) is 18.6 Å². The van der Waals surface area contributed by atoms with Gasteiger partial charge < -0.3 is 15.1 Å². The molecule has 0 aromatic heterocycles. The number of carbonyl (C=O) groups is 3. The van der Waals surface area contributed by atoms with Gasteiger partial charge >= 0.3 is 0 Å². The summed E-state index contributed by atoms with van der Waals surface area (Å²) in [7, 11) is 0. The molecule has 3 fully saturated rings. The molecule has 0 bridgehead atoms. The van der Waals surface area contributed by atoms with Gasteiger partial charge in [-0.3, -0.25) is 14.4 Å². The summed E-state index contributed by atoms with van der Waals surface area (Å²) in [5.74, 6) is -0.251. The van der Waals surface area contributed by atoms with Crippen molar-refractivity contribution in [1.82, 2.24) is 15.1 Å². The van der Waals surface area contributed by atoms with Crippen LogP contribution >= 0.6 is 0 Å². The Kier molecular flexibility index (Phi) is 4.66. The van der Waals surface area contributed by atoms with Crippen molar-refractivity contribution in [2.45, 2.75) is 63.1 Å². The Hall–Kier alpha value is -2.37. The molecule has 1 saturated carbocycles. The summed E-state index contributed by atoms with van der Waals surface area (Å²) in [6, 6.07) is 8.54. The first-order valence-corrected chi connectivity index (χ1v) is 10.0. The van der Waals surface area contributed by atoms with Crippen LogP contribution in [0.15, 0.2) is 30.3 Å². The predicted octanol–water partition coefficient (Wildman–Crippen LogP) is 1.49. The molecular formula is C21H27N3O3. The third kappa shape index (κ3) is 3.11. The van der Waals surface area contributed by atoms with Gasteiger partial charge in [-0.05, 0) is 24.8 Å². The highest BCUT2D eigenvalue weighted by molar-refractivity contribution is 6.02. The van der Waals surface area contributed by atoms with E-state index in [9.17, 15) is 14.4 Å². The summed E-state index contributed by atoms with van der Waals surface area (Å²) in [5, 5.41) is 2.94. The maximum Gasteiger partial charge on any atom is 0.246 e. The molecule has 3 aliphatic rings. The molecule has 0 radical (unpaired) electrons. The Balaban J connectivity index is 1.53. The molecule has 1 aliphatic carbocycles. The zero-order valence-electron chi connectivity index (χ0n) is 15.8. The number of hydrogen-bond donors (Lipinski definition) is 1. The molecule has 1 aromatic rings. The average Bonchev–Trinajstić information content (AvgIpc) is 3.43. The highest BCUT2D eigenvalue weighted by Crippen LogP contribution is 2.49. The number of nitrogens with zero attached hydrogens (tertiary/aromatic N) is 2. The predicted molar refractivity (Wildman–Crippen MR) is 101 cm³/mol. The van der Waals surface area contributed by atoms with Crippen molar-refractivity contribution in [3.8, 4) is 0 Å². The number of unbranched alkanes of at least 4 members (excludes halogenated alkanes) is 2. The first-order chi connectivity index (χ1) is 13.1. The van der Waals surface area contributed by atoms with E-state index >= 15 is 0 Å². The summed E-state index contributed by atoms with van der Waals surface area (Å²) >= 11 is 0. The second-order valence-electron chi connectivity index (χ2n) is 7.98. The molecule has 2 saturated heterocycles. The van der Waals surface area contributed by atoms with Crippen LogP contribution in [0.25, 0.3) is 0 Å². The van der Waals surface area contributed by atoms with Gasteiger partial charge in [-0.25, -0.2) is 0 Å². The third-order valence-electron chi connectivity index (χ3n) is 6.14. The van der Waals surface area contributed by atoms with Crippen molar-refractivity contribution in [1.29, 1.82) is 0 Å². The number of benzene rings is 1. The lowest BCUT2D eigenvalue weighted by molar-refractivity contribution is -0.166. The van der Waals surface area contributed by atoms with Gasteiger partial charge in [-0.2, -0.15) is 0 Å². The number of rotatable bonds is 6. The summed E-state index contributed by atoms with van der Waals surface area (Å²) in [4.78, 5) is 42.3. The highest BCUT2D eigenvalue weighted by Gasteiger charge is 2.65. The highest BCUT2D eigenvalue weighted by atomic mass is 16.2. The van der Waals surface area contributed by atoms with Crippen LogP contribution in [0, 0.1) is 0 Å². The number of nitrogens with one attached hydrogen (secondary N) is 1. The minimum atomic E-state index is -0.591. The maximum atomic E-state index is 13.1. The second kappa shape index (κ2) is 6.98. The van der Waals surface area contributed by atoms with Crippen LogP contribution in [-0.2, 0) is 20.8 Å². The van der Waals surface area contributed by atoms with Crippen LogP contribution in [-0.4, -0.2) is 58.2 Å². The molecular weight excluding hydrogens is 342 g/mol. The van der Waals surface area contributed by atoms with E-state index in [0.29, 0.717) is 13.0 Å². The summed E-state index contributed by atoms with van der Waals surface area (Å²) in [6.07, 6.45) is 5.16. The average molecular weight is 369 g/mol. The van der Waals surface area contributed by atoms with Gasteiger partial charge in [0.2, 0.25) is 17.7 Å². The fourth-order valence-electron chi connectivity index (χ4n) is 4.64. The topological polar surface area (TPSA) is 69.7 Å². The number of fused-ring (bicyclic) bond motifs is 2. The zero-order valence-corrected chi connectivity index (χ0v) is 15.8. The van der Waals surface area contributed by atoms with Gasteiger partial charge in [0.15, 0.2) is 0 Å². The largest absolute Gasteiger partial charge is 0.342 e. The number of hydrogen-bond acceptors (Lipinski definition) is 3. The van der Waals surface area contributed by atoms with Crippen LogP contribution in [0.2, 0.25) is 0 Å². The maximum absolute atomic E-state index is 13.1. The Morgan fingerprint density at radius 2 is 1.85 bits per heavy atom. The van der Waals surface area contributed by atoms with E-state index in [2.05, 4.69) is 12.2 Å². The minimum absolute atomic E-state index is 0.0126. The molecule has 1 spiro atoms. The van der Waals surface area contributed by atoms with E-state index in [4.69, 9.17) is 0 Å². The van der Waals surface area contributed by atoms with Crippen LogP contribution in [0.4, 0.5) is 0 Å². The van der Waals surface area contributed by atoms with Gasteiger partial charge in [-0.1, -0.05) is 50.1 Å². The molecule has 2 aliphatic heterocycles. The molecule has 0 unspecified atom stereocenters. The van der Waals surface area contributed by atoms with E-state index in [1.54, 1.807) is 4.90 Å². The molecule has 4 rings (SSSR count). The summed E-state index contributed by atoms with van der Waals surface area (Å²) < 4.78 is 0. The van der Waals surface area contributed by atoms with E-state index < -0.39 is 17.6 Å². The van der Waals surface area contributed by atoms with Gasteiger partial charge in [0.05, 0.1) is 5.54 Å². The van der Waals surface area contributed by atoms with Gasteiger partial charge in [0.25, 0.3) is 0 Å². The lowest BCUT2D eigenvalue weighted by Crippen LogP contribution is -2.75. The minimum Gasteiger partial charge on any atom is -0.342 e. The van der Waals surface area contributed by atoms with Crippen molar-refractivity contribution in [3.63, 3.8) is 0 Å². The lowest BCUT2D eigenvalue weighted by Gasteiger charge is -2.50. The molecule has 144 valence electrons. The Morgan fingerprint density at radius 1 is 1.11 bits per heavy atom. The van der Waals surface area contributed by atoms with Crippen LogP contribution in [0.3, 0.4) is 0 Å². The summed E-state index contributed by atoms with van der Waals surface area (Å²) in [5.41, 5.74) is 0.529. The normalized spacial score (nSPS) is 26.2. The fraction of sp³-hybridized carbons (Fsp3) is 0.571. The third-order valence-corrected chi connectivity index (χ3v) is 6.14. The molecule has 2 atom stereocenters. The first kappa shape index (κ1) is 18.0. The summed E-state index contributed by atoms with van der Waals surface area (Å²) in [6.45, 7) is 2.84. The van der Waals surface area contributed by atoms with E-state index in [1.807, 2.05) is 35.2 Å². The van der Waals surface area contributed by atoms with E-state index in [-0.39, 0.29) is 24.3 Å². The fourth-order valence-corrected chi connectivity index (χ4v) is 4.64. The lowest BCUT2D eigenvalue weighted by atomic mass is 9.91. The quantitative estimate of drug-likeness (QED) is 0.773. The van der Waals surface area contributed by atoms with Crippen LogP contribution in [0.1, 0.15) is 44.6 Å². The molecule has 6 heteroatoms. The molecule has 27 heavy (non-hydrogen) atoms. The van der Waals surface area contributed by atoms with Crippen molar-refractivity contribution >= 4 is 17.7 Å². The smallest absolute Gasteiger partial charge is 0.246 e. The monoisotopic (exact) mass is 369 g/mol. The van der Waals surface area contributed by atoms with Crippen molar-refractivity contribution in [2.75, 3.05) is 13.1 Å². The number of carbonyl (C=O) groups excluding carboxylic acids is 3. The molecule has 1 aromatic carbocycles. The van der Waals surface area contributed by atoms with Gasteiger partial charge in [-0.15, -0.1) is 0 Å². The molecule has 2 heterocycles. The molecule has 1 N–H and O–H groups in total. The van der Waals surface area contributed by atoms with Crippen LogP contribution < -0.4 is 5.32 Å². The van der Waals surface area contributed by atoms with Crippen molar-refractivity contribution in [2.24, 2.45) is 0 Å². The molecule has 6 nitrogen and oxygen atoms in total.